The summed E-state index contributed by atoms with van der Waals surface area (Å²) in [5.41, 5.74) is 4.83. The van der Waals surface area contributed by atoms with Crippen molar-refractivity contribution in [3.63, 3.8) is 0 Å². The van der Waals surface area contributed by atoms with Gasteiger partial charge in [-0.05, 0) is 81.2 Å². The first kappa shape index (κ1) is 29.8. The van der Waals surface area contributed by atoms with E-state index >= 15 is 0 Å². The van der Waals surface area contributed by atoms with E-state index in [2.05, 4.69) is 15.5 Å². The van der Waals surface area contributed by atoms with E-state index in [0.29, 0.717) is 35.3 Å². The van der Waals surface area contributed by atoms with Gasteiger partial charge in [-0.2, -0.15) is 0 Å². The first-order valence-corrected chi connectivity index (χ1v) is 15.1. The van der Waals surface area contributed by atoms with Crippen molar-refractivity contribution in [3.8, 4) is 11.6 Å². The Hall–Kier alpha value is -4.28. The molecule has 2 saturated heterocycles. The van der Waals surface area contributed by atoms with Crippen molar-refractivity contribution in [2.24, 2.45) is 0 Å². The number of esters is 1. The van der Waals surface area contributed by atoms with Gasteiger partial charge in [0.25, 0.3) is 0 Å². The number of carbonyl (C=O) groups is 2. The van der Waals surface area contributed by atoms with Gasteiger partial charge in [-0.1, -0.05) is 12.1 Å². The molecule has 0 spiro atoms. The van der Waals surface area contributed by atoms with Crippen molar-refractivity contribution in [3.05, 3.63) is 82.8 Å². The maximum Gasteiger partial charge on any atom is 0.337 e. The van der Waals surface area contributed by atoms with Gasteiger partial charge in [-0.3, -0.25) is 9.69 Å². The first-order chi connectivity index (χ1) is 21.4. The number of pyridine rings is 1. The van der Waals surface area contributed by atoms with Crippen molar-refractivity contribution < 1.29 is 28.5 Å². The lowest BCUT2D eigenvalue weighted by atomic mass is 9.93. The Morgan fingerprint density at radius 1 is 1.00 bits per heavy atom. The molecule has 0 N–H and O–H groups in total. The number of carbonyl (C=O) groups excluding carboxylic acids is 2. The minimum Gasteiger partial charge on any atom is -0.496 e. The van der Waals surface area contributed by atoms with Gasteiger partial charge in [0, 0.05) is 24.3 Å². The molecule has 230 valence electrons. The highest BCUT2D eigenvalue weighted by molar-refractivity contribution is 5.97. The highest BCUT2D eigenvalue weighted by atomic mass is 16.5. The lowest BCUT2D eigenvalue weighted by Crippen LogP contribution is -2.35. The summed E-state index contributed by atoms with van der Waals surface area (Å²) < 4.78 is 24.3. The van der Waals surface area contributed by atoms with Crippen molar-refractivity contribution in [1.82, 2.24) is 19.4 Å². The topological polar surface area (TPSA) is 105 Å². The maximum absolute atomic E-state index is 12.2. The Bertz CT molecular complexity index is 1660. The highest BCUT2D eigenvalue weighted by Gasteiger charge is 2.26. The van der Waals surface area contributed by atoms with E-state index in [1.807, 2.05) is 36.4 Å². The van der Waals surface area contributed by atoms with Crippen LogP contribution in [0.15, 0.2) is 54.6 Å². The summed E-state index contributed by atoms with van der Waals surface area (Å²) in [5.74, 6) is 2.07. The molecule has 2 aliphatic rings. The third kappa shape index (κ3) is 6.46. The molecule has 0 bridgehead atoms. The molecule has 0 amide bonds. The zero-order valence-corrected chi connectivity index (χ0v) is 25.5. The number of likely N-dealkylation sites (tertiary alicyclic amines) is 1. The maximum atomic E-state index is 12.2. The van der Waals surface area contributed by atoms with Gasteiger partial charge in [-0.15, -0.1) is 0 Å². The number of nitrogens with zero attached hydrogens (tertiary/aromatic N) is 4. The highest BCUT2D eigenvalue weighted by Crippen LogP contribution is 2.30. The lowest BCUT2D eigenvalue weighted by Gasteiger charge is -2.32. The minimum atomic E-state index is -0.352. The van der Waals surface area contributed by atoms with Crippen LogP contribution in [0.2, 0.25) is 0 Å². The van der Waals surface area contributed by atoms with E-state index < -0.39 is 0 Å². The van der Waals surface area contributed by atoms with Crippen molar-refractivity contribution >= 4 is 22.8 Å². The molecule has 1 atom stereocenters. The molecule has 0 saturated carbocycles. The molecule has 2 fully saturated rings. The molecule has 6 rings (SSSR count). The molecule has 1 unspecified atom stereocenters. The van der Waals surface area contributed by atoms with Crippen LogP contribution < -0.4 is 9.47 Å². The van der Waals surface area contributed by atoms with Crippen LogP contribution in [-0.4, -0.2) is 71.2 Å². The molecule has 0 radical (unpaired) electrons. The van der Waals surface area contributed by atoms with Crippen molar-refractivity contribution in [2.45, 2.75) is 57.9 Å². The van der Waals surface area contributed by atoms with Crippen LogP contribution in [0.1, 0.15) is 69.9 Å². The number of rotatable bonds is 11. The molecule has 4 heterocycles. The second-order valence-corrected chi connectivity index (χ2v) is 11.4. The number of imidazole rings is 1. The summed E-state index contributed by atoms with van der Waals surface area (Å²) in [6.07, 6.45) is 3.16. The number of piperidine rings is 1. The SMILES string of the molecule is COC(=O)c1ccc2nc(CN3CCC(c4cccc(OCc5ccc(C(C)=O)c(OC)c5)n4)CC3)n(CC3CCO3)c2c1. The number of fused-ring (bicyclic) bond motifs is 1. The standard InChI is InChI=1S/C34H38N4O6/c1-22(39)27-9-7-23(17-31(27)41-2)21-44-33-6-4-5-28(36-33)24-11-14-37(15-12-24)20-32-35-29-10-8-25(34(40)42-3)18-30(29)38(32)19-26-13-16-43-26/h4-10,17-18,24,26H,11-16,19-21H2,1-3H3. The smallest absolute Gasteiger partial charge is 0.337 e. The van der Waals surface area contributed by atoms with Crippen LogP contribution in [0.3, 0.4) is 0 Å². The molecule has 2 aromatic heterocycles. The molecule has 44 heavy (non-hydrogen) atoms. The van der Waals surface area contributed by atoms with E-state index in [1.54, 1.807) is 19.2 Å². The van der Waals surface area contributed by atoms with Gasteiger partial charge in [0.1, 0.15) is 18.2 Å². The van der Waals surface area contributed by atoms with Crippen molar-refractivity contribution in [1.29, 1.82) is 0 Å². The Balaban J connectivity index is 1.09. The molecule has 10 heteroatoms. The third-order valence-electron chi connectivity index (χ3n) is 8.58. The average molecular weight is 599 g/mol. The first-order valence-electron chi connectivity index (χ1n) is 15.1. The van der Waals surface area contributed by atoms with E-state index in [0.717, 1.165) is 80.2 Å². The van der Waals surface area contributed by atoms with Crippen LogP contribution in [0.5, 0.6) is 11.6 Å². The van der Waals surface area contributed by atoms with Gasteiger partial charge in [0.15, 0.2) is 5.78 Å². The molecule has 4 aromatic rings. The van der Waals surface area contributed by atoms with E-state index in [-0.39, 0.29) is 17.9 Å². The monoisotopic (exact) mass is 598 g/mol. The summed E-state index contributed by atoms with van der Waals surface area (Å²) in [4.78, 5) is 36.2. The Kier molecular flexibility index (Phi) is 8.90. The summed E-state index contributed by atoms with van der Waals surface area (Å²) in [6, 6.07) is 17.0. The second kappa shape index (κ2) is 13.2. The summed E-state index contributed by atoms with van der Waals surface area (Å²) in [6.45, 7) is 5.95. The number of hydrogen-bond acceptors (Lipinski definition) is 9. The van der Waals surface area contributed by atoms with Crippen molar-refractivity contribution in [2.75, 3.05) is 33.9 Å². The van der Waals surface area contributed by atoms with Crippen LogP contribution in [0.25, 0.3) is 11.0 Å². The zero-order chi connectivity index (χ0) is 30.6. The molecular formula is C34H38N4O6. The van der Waals surface area contributed by atoms with Crippen LogP contribution in [-0.2, 0) is 29.2 Å². The predicted molar refractivity (Wildman–Crippen MR) is 164 cm³/mol. The number of hydrogen-bond donors (Lipinski definition) is 0. The fourth-order valence-electron chi connectivity index (χ4n) is 5.97. The lowest BCUT2D eigenvalue weighted by molar-refractivity contribution is -0.0592. The molecular weight excluding hydrogens is 560 g/mol. The number of aromatic nitrogens is 3. The van der Waals surface area contributed by atoms with Crippen LogP contribution >= 0.6 is 0 Å². The normalized spacial score (nSPS) is 17.3. The summed E-state index contributed by atoms with van der Waals surface area (Å²) in [5, 5.41) is 0. The Morgan fingerprint density at radius 3 is 2.52 bits per heavy atom. The van der Waals surface area contributed by atoms with Crippen LogP contribution in [0, 0.1) is 0 Å². The van der Waals surface area contributed by atoms with E-state index in [4.69, 9.17) is 28.9 Å². The van der Waals surface area contributed by atoms with Gasteiger partial charge >= 0.3 is 5.97 Å². The van der Waals surface area contributed by atoms with E-state index in [1.165, 1.54) is 14.0 Å². The zero-order valence-electron chi connectivity index (χ0n) is 25.5. The summed E-state index contributed by atoms with van der Waals surface area (Å²) in [7, 11) is 2.96. The number of Topliss-reactive ketones (excluding diaryl/α,β-unsaturated/α-hetero) is 1. The fourth-order valence-corrected chi connectivity index (χ4v) is 5.97. The summed E-state index contributed by atoms with van der Waals surface area (Å²) >= 11 is 0. The second-order valence-electron chi connectivity index (χ2n) is 11.4. The molecule has 2 aromatic carbocycles. The average Bonchev–Trinajstić information content (AvgIpc) is 3.37. The van der Waals surface area contributed by atoms with Gasteiger partial charge in [-0.25, -0.2) is 14.8 Å². The fraction of sp³-hybridized carbons (Fsp3) is 0.412. The van der Waals surface area contributed by atoms with Gasteiger partial charge in [0.2, 0.25) is 5.88 Å². The largest absolute Gasteiger partial charge is 0.496 e. The third-order valence-corrected chi connectivity index (χ3v) is 8.58. The predicted octanol–water partition coefficient (Wildman–Crippen LogP) is 5.18. The number of benzene rings is 2. The Morgan fingerprint density at radius 2 is 1.82 bits per heavy atom. The quantitative estimate of drug-likeness (QED) is 0.171. The van der Waals surface area contributed by atoms with E-state index in [9.17, 15) is 9.59 Å². The van der Waals surface area contributed by atoms with Crippen LogP contribution in [0.4, 0.5) is 0 Å². The number of methoxy groups -OCH3 is 2. The molecule has 10 nitrogen and oxygen atoms in total. The molecule has 0 aliphatic carbocycles. The van der Waals surface area contributed by atoms with Gasteiger partial charge in [0.05, 0.1) is 55.6 Å². The number of ketones is 1. The Labute approximate surface area is 256 Å². The van der Waals surface area contributed by atoms with Gasteiger partial charge < -0.3 is 23.5 Å². The minimum absolute atomic E-state index is 0.0362. The number of ether oxygens (including phenoxy) is 4. The molecule has 2 aliphatic heterocycles.